The number of ether oxygens (including phenoxy) is 2. The van der Waals surface area contributed by atoms with Crippen LogP contribution in [-0.2, 0) is 0 Å². The summed E-state index contributed by atoms with van der Waals surface area (Å²) in [4.78, 5) is 0. The monoisotopic (exact) mass is 228 g/mol. The average Bonchev–Trinajstić information content (AvgIpc) is 2.27. The summed E-state index contributed by atoms with van der Waals surface area (Å²) in [5.74, 6) is 1.97. The lowest BCUT2D eigenvalue weighted by atomic mass is 10.0. The third-order valence-electron chi connectivity index (χ3n) is 2.32. The maximum atomic E-state index is 6.32. The van der Waals surface area contributed by atoms with Crippen LogP contribution in [0.3, 0.4) is 0 Å². The predicted molar refractivity (Wildman–Crippen MR) is 63.0 cm³/mol. The van der Waals surface area contributed by atoms with Crippen LogP contribution in [0.15, 0.2) is 18.2 Å². The summed E-state index contributed by atoms with van der Waals surface area (Å²) in [6.07, 6.45) is 0. The summed E-state index contributed by atoms with van der Waals surface area (Å²) in [6.45, 7) is 4.16. The van der Waals surface area contributed by atoms with Gasteiger partial charge in [0, 0.05) is 5.56 Å². The molecule has 0 radical (unpaired) electrons. The van der Waals surface area contributed by atoms with Crippen LogP contribution in [0.2, 0.25) is 0 Å². The second-order valence-electron chi connectivity index (χ2n) is 3.75. The summed E-state index contributed by atoms with van der Waals surface area (Å²) in [5.41, 5.74) is 0.980. The third-order valence-corrected chi connectivity index (χ3v) is 3.06. The summed E-state index contributed by atoms with van der Waals surface area (Å²) < 4.78 is 10.4. The van der Waals surface area contributed by atoms with Crippen LogP contribution in [-0.4, -0.2) is 14.2 Å². The van der Waals surface area contributed by atoms with Crippen molar-refractivity contribution in [1.82, 2.24) is 0 Å². The van der Waals surface area contributed by atoms with Crippen LogP contribution in [0.1, 0.15) is 24.8 Å². The number of hydrogen-bond donors (Lipinski definition) is 0. The van der Waals surface area contributed by atoms with Gasteiger partial charge in [0.15, 0.2) is 0 Å². The number of methoxy groups -OCH3 is 2. The minimum absolute atomic E-state index is 0.0601. The predicted octanol–water partition coefficient (Wildman–Crippen LogP) is 3.64. The third kappa shape index (κ3) is 2.78. The summed E-state index contributed by atoms with van der Waals surface area (Å²) in [5, 5.41) is -0.0601. The molecule has 1 unspecified atom stereocenters. The molecule has 0 aliphatic rings. The van der Waals surface area contributed by atoms with E-state index >= 15 is 0 Å². The number of benzene rings is 1. The Hall–Kier alpha value is -0.890. The van der Waals surface area contributed by atoms with Gasteiger partial charge in [-0.3, -0.25) is 0 Å². The van der Waals surface area contributed by atoms with E-state index < -0.39 is 0 Å². The van der Waals surface area contributed by atoms with Gasteiger partial charge in [-0.05, 0) is 24.1 Å². The van der Waals surface area contributed by atoms with Crippen molar-refractivity contribution in [3.05, 3.63) is 23.8 Å². The highest BCUT2D eigenvalue weighted by atomic mass is 35.5. The highest BCUT2D eigenvalue weighted by molar-refractivity contribution is 6.21. The highest BCUT2D eigenvalue weighted by Crippen LogP contribution is 2.37. The fourth-order valence-corrected chi connectivity index (χ4v) is 1.58. The van der Waals surface area contributed by atoms with Crippen LogP contribution in [0, 0.1) is 5.92 Å². The molecule has 0 spiro atoms. The Bertz CT molecular complexity index is 323. The van der Waals surface area contributed by atoms with Crippen LogP contribution in [0.25, 0.3) is 0 Å². The molecule has 0 fully saturated rings. The van der Waals surface area contributed by atoms with Crippen molar-refractivity contribution >= 4 is 11.6 Å². The quantitative estimate of drug-likeness (QED) is 0.733. The maximum Gasteiger partial charge on any atom is 0.123 e. The lowest BCUT2D eigenvalue weighted by molar-refractivity contribution is 0.395. The lowest BCUT2D eigenvalue weighted by Gasteiger charge is -2.17. The molecule has 0 saturated carbocycles. The minimum atomic E-state index is -0.0601. The van der Waals surface area contributed by atoms with Gasteiger partial charge in [0.2, 0.25) is 0 Å². The SMILES string of the molecule is COc1ccc(OC)c(C(Cl)C(C)C)c1. The summed E-state index contributed by atoms with van der Waals surface area (Å²) in [6, 6.07) is 5.68. The Kier molecular flexibility index (Phi) is 4.28. The van der Waals surface area contributed by atoms with Crippen molar-refractivity contribution in [3.63, 3.8) is 0 Å². The molecule has 0 aliphatic carbocycles. The minimum Gasteiger partial charge on any atom is -0.497 e. The van der Waals surface area contributed by atoms with Gasteiger partial charge < -0.3 is 9.47 Å². The first-order chi connectivity index (χ1) is 7.10. The second kappa shape index (κ2) is 5.26. The Balaban J connectivity index is 3.11. The van der Waals surface area contributed by atoms with Crippen LogP contribution >= 0.6 is 11.6 Å². The molecule has 0 saturated heterocycles. The van der Waals surface area contributed by atoms with E-state index in [9.17, 15) is 0 Å². The normalized spacial score (nSPS) is 12.7. The van der Waals surface area contributed by atoms with Crippen LogP contribution in [0.5, 0.6) is 11.5 Å². The maximum absolute atomic E-state index is 6.32. The Morgan fingerprint density at radius 2 is 1.80 bits per heavy atom. The number of halogens is 1. The van der Waals surface area contributed by atoms with Crippen LogP contribution in [0.4, 0.5) is 0 Å². The van der Waals surface area contributed by atoms with Crippen molar-refractivity contribution in [2.24, 2.45) is 5.92 Å². The van der Waals surface area contributed by atoms with Crippen molar-refractivity contribution < 1.29 is 9.47 Å². The molecule has 3 heteroatoms. The van der Waals surface area contributed by atoms with E-state index in [2.05, 4.69) is 13.8 Å². The molecule has 15 heavy (non-hydrogen) atoms. The highest BCUT2D eigenvalue weighted by Gasteiger charge is 2.17. The largest absolute Gasteiger partial charge is 0.497 e. The van der Waals surface area contributed by atoms with Gasteiger partial charge in [-0.1, -0.05) is 13.8 Å². The van der Waals surface area contributed by atoms with Gasteiger partial charge in [-0.2, -0.15) is 0 Å². The van der Waals surface area contributed by atoms with Crippen LogP contribution < -0.4 is 9.47 Å². The summed E-state index contributed by atoms with van der Waals surface area (Å²) in [7, 11) is 3.29. The molecule has 0 bridgehead atoms. The van der Waals surface area contributed by atoms with E-state index in [0.717, 1.165) is 17.1 Å². The molecule has 84 valence electrons. The molecule has 1 rings (SSSR count). The van der Waals surface area contributed by atoms with Crippen molar-refractivity contribution in [3.8, 4) is 11.5 Å². The fourth-order valence-electron chi connectivity index (χ4n) is 1.41. The molecule has 1 atom stereocenters. The molecule has 0 aliphatic heterocycles. The van der Waals surface area contributed by atoms with Crippen molar-refractivity contribution in [1.29, 1.82) is 0 Å². The van der Waals surface area contributed by atoms with Gasteiger partial charge in [0.25, 0.3) is 0 Å². The zero-order chi connectivity index (χ0) is 11.4. The van der Waals surface area contributed by atoms with Gasteiger partial charge in [0.05, 0.1) is 19.6 Å². The van der Waals surface area contributed by atoms with Crippen molar-refractivity contribution in [2.75, 3.05) is 14.2 Å². The van der Waals surface area contributed by atoms with Gasteiger partial charge in [-0.15, -0.1) is 11.6 Å². The Labute approximate surface area is 96.2 Å². The molecule has 0 aromatic heterocycles. The Morgan fingerprint density at radius 3 is 2.27 bits per heavy atom. The first-order valence-corrected chi connectivity index (χ1v) is 5.39. The number of rotatable bonds is 4. The molecule has 0 amide bonds. The number of alkyl halides is 1. The van der Waals surface area contributed by atoms with E-state index in [1.807, 2.05) is 18.2 Å². The van der Waals surface area contributed by atoms with Gasteiger partial charge in [0.1, 0.15) is 11.5 Å². The first kappa shape index (κ1) is 12.2. The van der Waals surface area contributed by atoms with Gasteiger partial charge >= 0.3 is 0 Å². The molecule has 1 aromatic carbocycles. The van der Waals surface area contributed by atoms with Gasteiger partial charge in [-0.25, -0.2) is 0 Å². The van der Waals surface area contributed by atoms with Crippen molar-refractivity contribution in [2.45, 2.75) is 19.2 Å². The second-order valence-corrected chi connectivity index (χ2v) is 4.22. The standard InChI is InChI=1S/C12H17ClO2/c1-8(2)12(13)10-7-9(14-3)5-6-11(10)15-4/h5-8,12H,1-4H3. The first-order valence-electron chi connectivity index (χ1n) is 4.96. The molecular weight excluding hydrogens is 212 g/mol. The molecule has 1 aromatic rings. The zero-order valence-electron chi connectivity index (χ0n) is 9.58. The van der Waals surface area contributed by atoms with E-state index in [0.29, 0.717) is 5.92 Å². The Morgan fingerprint density at radius 1 is 1.13 bits per heavy atom. The smallest absolute Gasteiger partial charge is 0.123 e. The summed E-state index contributed by atoms with van der Waals surface area (Å²) >= 11 is 6.32. The topological polar surface area (TPSA) is 18.5 Å². The average molecular weight is 229 g/mol. The fraction of sp³-hybridized carbons (Fsp3) is 0.500. The zero-order valence-corrected chi connectivity index (χ0v) is 10.3. The lowest BCUT2D eigenvalue weighted by Crippen LogP contribution is -2.02. The van der Waals surface area contributed by atoms with E-state index in [-0.39, 0.29) is 5.38 Å². The molecule has 0 heterocycles. The number of hydrogen-bond acceptors (Lipinski definition) is 2. The molecular formula is C12H17ClO2. The van der Waals surface area contributed by atoms with E-state index in [4.69, 9.17) is 21.1 Å². The van der Waals surface area contributed by atoms with E-state index in [1.165, 1.54) is 0 Å². The van der Waals surface area contributed by atoms with E-state index in [1.54, 1.807) is 14.2 Å². The molecule has 2 nitrogen and oxygen atoms in total. The molecule has 0 N–H and O–H groups in total.